The van der Waals surface area contributed by atoms with E-state index in [0.29, 0.717) is 6.42 Å². The molecule has 25 heavy (non-hydrogen) atoms. The number of hydrogen-bond donors (Lipinski definition) is 2. The predicted octanol–water partition coefficient (Wildman–Crippen LogP) is 4.38. The van der Waals surface area contributed by atoms with E-state index in [2.05, 4.69) is 29.4 Å². The van der Waals surface area contributed by atoms with Crippen molar-refractivity contribution in [1.82, 2.24) is 10.3 Å². The number of benzene rings is 2. The predicted molar refractivity (Wildman–Crippen MR) is 101 cm³/mol. The molecule has 0 aliphatic rings. The number of para-hydroxylation sites is 1. The Balaban J connectivity index is 1.60. The highest BCUT2D eigenvalue weighted by molar-refractivity contribution is 5.84. The minimum Gasteiger partial charge on any atom is -0.497 e. The van der Waals surface area contributed by atoms with E-state index in [0.717, 1.165) is 29.7 Å². The molecule has 130 valence electrons. The third-order valence-corrected chi connectivity index (χ3v) is 4.56. The van der Waals surface area contributed by atoms with Gasteiger partial charge in [-0.15, -0.1) is 0 Å². The molecule has 1 heterocycles. The van der Waals surface area contributed by atoms with Gasteiger partial charge in [-0.05, 0) is 42.2 Å². The summed E-state index contributed by atoms with van der Waals surface area (Å²) in [5, 5.41) is 4.33. The Labute approximate surface area is 148 Å². The van der Waals surface area contributed by atoms with Crippen LogP contribution in [0.1, 0.15) is 36.9 Å². The maximum atomic E-state index is 12.4. The second kappa shape index (κ2) is 7.88. The van der Waals surface area contributed by atoms with E-state index in [-0.39, 0.29) is 11.9 Å². The number of carbonyl (C=O) groups excluding carboxylic acids is 1. The van der Waals surface area contributed by atoms with Crippen molar-refractivity contribution in [2.75, 3.05) is 7.11 Å². The molecule has 0 aliphatic heterocycles. The smallest absolute Gasteiger partial charge is 0.220 e. The number of aryl methyl sites for hydroxylation is 1. The Morgan fingerprint density at radius 1 is 1.16 bits per heavy atom. The van der Waals surface area contributed by atoms with Gasteiger partial charge in [0.2, 0.25) is 5.91 Å². The number of nitrogens with one attached hydrogen (secondary N) is 2. The second-order valence-corrected chi connectivity index (χ2v) is 6.16. The number of aromatic nitrogens is 1. The highest BCUT2D eigenvalue weighted by Crippen LogP contribution is 2.21. The largest absolute Gasteiger partial charge is 0.497 e. The summed E-state index contributed by atoms with van der Waals surface area (Å²) in [6.07, 6.45) is 4.06. The lowest BCUT2D eigenvalue weighted by atomic mass is 10.0. The van der Waals surface area contributed by atoms with Gasteiger partial charge in [-0.25, -0.2) is 0 Å². The van der Waals surface area contributed by atoms with Crippen LogP contribution in [0.2, 0.25) is 0 Å². The number of hydrogen-bond acceptors (Lipinski definition) is 2. The first-order valence-electron chi connectivity index (χ1n) is 8.69. The Hall–Kier alpha value is -2.75. The number of fused-ring (bicyclic) bond motifs is 1. The van der Waals surface area contributed by atoms with Crippen molar-refractivity contribution < 1.29 is 9.53 Å². The highest BCUT2D eigenvalue weighted by atomic mass is 16.5. The minimum absolute atomic E-state index is 0.0291. The van der Waals surface area contributed by atoms with E-state index in [4.69, 9.17) is 4.74 Å². The van der Waals surface area contributed by atoms with Crippen LogP contribution in [0.5, 0.6) is 5.75 Å². The van der Waals surface area contributed by atoms with Crippen molar-refractivity contribution in [2.24, 2.45) is 0 Å². The van der Waals surface area contributed by atoms with Gasteiger partial charge in [0.25, 0.3) is 0 Å². The van der Waals surface area contributed by atoms with Gasteiger partial charge >= 0.3 is 0 Å². The number of methoxy groups -OCH3 is 1. The van der Waals surface area contributed by atoms with Gasteiger partial charge in [-0.3, -0.25) is 4.79 Å². The van der Waals surface area contributed by atoms with Crippen LogP contribution in [-0.2, 0) is 11.2 Å². The maximum absolute atomic E-state index is 12.4. The van der Waals surface area contributed by atoms with Crippen LogP contribution in [0.4, 0.5) is 0 Å². The van der Waals surface area contributed by atoms with Crippen molar-refractivity contribution in [3.05, 3.63) is 65.9 Å². The summed E-state index contributed by atoms with van der Waals surface area (Å²) in [5.74, 6) is 0.900. The molecule has 1 amide bonds. The van der Waals surface area contributed by atoms with Gasteiger partial charge in [0.15, 0.2) is 0 Å². The minimum atomic E-state index is 0.0291. The fourth-order valence-corrected chi connectivity index (χ4v) is 3.11. The molecule has 4 heteroatoms. The molecular weight excluding hydrogens is 312 g/mol. The molecule has 2 aromatic carbocycles. The zero-order valence-corrected chi connectivity index (χ0v) is 14.7. The Bertz CT molecular complexity index is 836. The van der Waals surface area contributed by atoms with Crippen LogP contribution in [0.3, 0.4) is 0 Å². The summed E-state index contributed by atoms with van der Waals surface area (Å²) >= 11 is 0. The quantitative estimate of drug-likeness (QED) is 0.673. The summed E-state index contributed by atoms with van der Waals surface area (Å²) in [6.45, 7) is 2.08. The fraction of sp³-hybridized carbons (Fsp3) is 0.286. The lowest BCUT2D eigenvalue weighted by molar-refractivity contribution is -0.121. The van der Waals surface area contributed by atoms with E-state index in [1.807, 2.05) is 42.6 Å². The van der Waals surface area contributed by atoms with Gasteiger partial charge in [0, 0.05) is 23.5 Å². The fourth-order valence-electron chi connectivity index (χ4n) is 3.11. The molecule has 0 aliphatic carbocycles. The molecule has 1 atom stereocenters. The first kappa shape index (κ1) is 17.1. The molecule has 0 spiro atoms. The van der Waals surface area contributed by atoms with E-state index in [1.54, 1.807) is 7.11 Å². The lowest BCUT2D eigenvalue weighted by Gasteiger charge is -2.18. The zero-order chi connectivity index (χ0) is 17.6. The molecule has 0 saturated heterocycles. The average molecular weight is 336 g/mol. The van der Waals surface area contributed by atoms with Gasteiger partial charge in [-0.1, -0.05) is 37.3 Å². The second-order valence-electron chi connectivity index (χ2n) is 6.16. The Morgan fingerprint density at radius 2 is 1.92 bits per heavy atom. The zero-order valence-electron chi connectivity index (χ0n) is 14.7. The number of carbonyl (C=O) groups is 1. The molecule has 0 radical (unpaired) electrons. The van der Waals surface area contributed by atoms with Crippen LogP contribution in [0, 0.1) is 0 Å². The van der Waals surface area contributed by atoms with Gasteiger partial charge in [-0.2, -0.15) is 0 Å². The average Bonchev–Trinajstić information content (AvgIpc) is 3.08. The Morgan fingerprint density at radius 3 is 2.64 bits per heavy atom. The molecule has 3 rings (SSSR count). The van der Waals surface area contributed by atoms with E-state index in [9.17, 15) is 4.79 Å². The first-order chi connectivity index (χ1) is 12.2. The molecule has 4 nitrogen and oxygen atoms in total. The highest BCUT2D eigenvalue weighted by Gasteiger charge is 2.13. The summed E-state index contributed by atoms with van der Waals surface area (Å²) in [7, 11) is 1.65. The van der Waals surface area contributed by atoms with Crippen LogP contribution in [0.25, 0.3) is 10.9 Å². The maximum Gasteiger partial charge on any atom is 0.220 e. The van der Waals surface area contributed by atoms with E-state index < -0.39 is 0 Å². The van der Waals surface area contributed by atoms with E-state index in [1.165, 1.54) is 10.9 Å². The molecular formula is C21H24N2O2. The molecule has 0 fully saturated rings. The van der Waals surface area contributed by atoms with Gasteiger partial charge in [0.1, 0.15) is 5.75 Å². The molecule has 0 saturated carbocycles. The third-order valence-electron chi connectivity index (χ3n) is 4.56. The lowest BCUT2D eigenvalue weighted by Crippen LogP contribution is -2.28. The Kier molecular flexibility index (Phi) is 5.39. The van der Waals surface area contributed by atoms with Gasteiger partial charge < -0.3 is 15.0 Å². The van der Waals surface area contributed by atoms with Crippen LogP contribution in [-0.4, -0.2) is 18.0 Å². The molecule has 2 N–H and O–H groups in total. The number of amides is 1. The topological polar surface area (TPSA) is 54.1 Å². The third kappa shape index (κ3) is 4.02. The van der Waals surface area contributed by atoms with Gasteiger partial charge in [0.05, 0.1) is 13.2 Å². The van der Waals surface area contributed by atoms with Crippen LogP contribution >= 0.6 is 0 Å². The van der Waals surface area contributed by atoms with Crippen molar-refractivity contribution in [3.8, 4) is 5.75 Å². The van der Waals surface area contributed by atoms with Crippen LogP contribution in [0.15, 0.2) is 54.7 Å². The summed E-state index contributed by atoms with van der Waals surface area (Å²) in [5.41, 5.74) is 3.40. The SMILES string of the molecule is CCC(NC(=O)CCc1c[nH]c2ccccc12)c1ccc(OC)cc1. The van der Waals surface area contributed by atoms with Crippen molar-refractivity contribution in [3.63, 3.8) is 0 Å². The molecule has 1 aromatic heterocycles. The van der Waals surface area contributed by atoms with Crippen LogP contribution < -0.4 is 10.1 Å². The monoisotopic (exact) mass is 336 g/mol. The standard InChI is InChI=1S/C21H24N2O2/c1-3-19(15-8-11-17(25-2)12-9-15)23-21(24)13-10-16-14-22-20-7-5-4-6-18(16)20/h4-9,11-12,14,19,22H,3,10,13H2,1-2H3,(H,23,24). The molecule has 1 unspecified atom stereocenters. The summed E-state index contributed by atoms with van der Waals surface area (Å²) < 4.78 is 5.19. The first-order valence-corrected chi connectivity index (χ1v) is 8.69. The molecule has 3 aromatic rings. The molecule has 0 bridgehead atoms. The number of H-pyrrole nitrogens is 1. The van der Waals surface area contributed by atoms with E-state index >= 15 is 0 Å². The number of rotatable bonds is 7. The normalized spacial score (nSPS) is 12.1. The van der Waals surface area contributed by atoms with Crippen molar-refractivity contribution in [2.45, 2.75) is 32.2 Å². The number of ether oxygens (including phenoxy) is 1. The number of aromatic amines is 1. The summed E-state index contributed by atoms with van der Waals surface area (Å²) in [4.78, 5) is 15.7. The summed E-state index contributed by atoms with van der Waals surface area (Å²) in [6, 6.07) is 16.1. The van der Waals surface area contributed by atoms with Crippen molar-refractivity contribution in [1.29, 1.82) is 0 Å². The van der Waals surface area contributed by atoms with Crippen molar-refractivity contribution >= 4 is 16.8 Å².